The third-order valence-corrected chi connectivity index (χ3v) is 7.34. The predicted octanol–water partition coefficient (Wildman–Crippen LogP) is 3.96. The topological polar surface area (TPSA) is 95.9 Å². The first-order valence-corrected chi connectivity index (χ1v) is 11.8. The van der Waals surface area contributed by atoms with Crippen molar-refractivity contribution in [1.82, 2.24) is 10.2 Å². The van der Waals surface area contributed by atoms with E-state index >= 15 is 0 Å². The molecule has 35 heavy (non-hydrogen) atoms. The van der Waals surface area contributed by atoms with Gasteiger partial charge in [0.25, 0.3) is 0 Å². The van der Waals surface area contributed by atoms with E-state index in [1.807, 2.05) is 24.3 Å². The second-order valence-corrected chi connectivity index (χ2v) is 9.58. The van der Waals surface area contributed by atoms with E-state index in [1.165, 1.54) is 11.1 Å². The molecule has 180 valence electrons. The number of carbonyl (C=O) groups is 3. The summed E-state index contributed by atoms with van der Waals surface area (Å²) in [5.41, 5.74) is 3.71. The molecule has 3 aliphatic rings. The minimum absolute atomic E-state index is 0.0157. The smallest absolute Gasteiger partial charge is 0.407 e. The number of hydrogen-bond donors (Lipinski definition) is 2. The van der Waals surface area contributed by atoms with Gasteiger partial charge in [0.15, 0.2) is 0 Å². The molecule has 1 fully saturated rings. The Morgan fingerprint density at radius 2 is 1.69 bits per heavy atom. The third kappa shape index (κ3) is 4.11. The Hall–Kier alpha value is -3.87. The van der Waals surface area contributed by atoms with Gasteiger partial charge in [-0.3, -0.25) is 9.59 Å². The summed E-state index contributed by atoms with van der Waals surface area (Å²) in [7, 11) is 0. The average Bonchev–Trinajstić information content (AvgIpc) is 3.42. The van der Waals surface area contributed by atoms with Gasteiger partial charge in [0.1, 0.15) is 12.0 Å². The Labute approximate surface area is 204 Å². The maximum Gasteiger partial charge on any atom is 0.407 e. The highest BCUT2D eigenvalue weighted by atomic mass is 16.5. The molecule has 0 radical (unpaired) electrons. The van der Waals surface area contributed by atoms with Crippen molar-refractivity contribution in [1.29, 1.82) is 0 Å². The van der Waals surface area contributed by atoms with Crippen LogP contribution in [0, 0.1) is 11.3 Å². The van der Waals surface area contributed by atoms with E-state index in [1.54, 1.807) is 23.1 Å². The summed E-state index contributed by atoms with van der Waals surface area (Å²) < 4.78 is 5.60. The molecule has 2 aromatic carbocycles. The van der Waals surface area contributed by atoms with Crippen LogP contribution in [0.1, 0.15) is 29.9 Å². The van der Waals surface area contributed by atoms with Gasteiger partial charge in [-0.1, -0.05) is 66.8 Å². The zero-order chi connectivity index (χ0) is 24.6. The Morgan fingerprint density at radius 1 is 1.06 bits per heavy atom. The second-order valence-electron chi connectivity index (χ2n) is 9.58. The standard InChI is InChI=1S/C28H28N2O5/c1-2-13-28(26(32)33)16-30(17-28)25(31)18-11-12-19(14-18)29-27(34)35-15-24-22-9-5-3-7-20(22)21-8-4-6-10-23(21)24/h2-12,18-19,24H,1,13-17H2,(H,29,34)(H,32,33). The van der Waals surface area contributed by atoms with Crippen LogP contribution in [0.3, 0.4) is 0 Å². The zero-order valence-electron chi connectivity index (χ0n) is 19.4. The first-order valence-electron chi connectivity index (χ1n) is 11.8. The lowest BCUT2D eigenvalue weighted by Crippen LogP contribution is -2.62. The van der Waals surface area contributed by atoms with Crippen molar-refractivity contribution in [2.24, 2.45) is 11.3 Å². The third-order valence-electron chi connectivity index (χ3n) is 7.34. The molecule has 5 rings (SSSR count). The summed E-state index contributed by atoms with van der Waals surface area (Å²) >= 11 is 0. The number of likely N-dealkylation sites (tertiary alicyclic amines) is 1. The van der Waals surface area contributed by atoms with E-state index in [4.69, 9.17) is 4.74 Å². The first kappa shape index (κ1) is 22.9. The number of carboxylic acids is 1. The number of aliphatic carboxylic acids is 1. The molecule has 7 nitrogen and oxygen atoms in total. The molecule has 2 atom stereocenters. The summed E-state index contributed by atoms with van der Waals surface area (Å²) in [4.78, 5) is 38.5. The molecule has 2 amide bonds. The van der Waals surface area contributed by atoms with Crippen molar-refractivity contribution in [3.8, 4) is 11.1 Å². The van der Waals surface area contributed by atoms with E-state index in [0.29, 0.717) is 12.8 Å². The number of ether oxygens (including phenoxy) is 1. The van der Waals surface area contributed by atoms with Crippen molar-refractivity contribution in [3.63, 3.8) is 0 Å². The van der Waals surface area contributed by atoms with Gasteiger partial charge in [0.2, 0.25) is 5.91 Å². The highest BCUT2D eigenvalue weighted by Crippen LogP contribution is 2.44. The highest BCUT2D eigenvalue weighted by Gasteiger charge is 2.51. The molecule has 0 aromatic heterocycles. The van der Waals surface area contributed by atoms with E-state index in [-0.39, 0.29) is 43.5 Å². The van der Waals surface area contributed by atoms with Gasteiger partial charge >= 0.3 is 12.1 Å². The second kappa shape index (κ2) is 9.06. The molecule has 2 aliphatic carbocycles. The van der Waals surface area contributed by atoms with Crippen LogP contribution in [0.2, 0.25) is 0 Å². The maximum absolute atomic E-state index is 12.8. The van der Waals surface area contributed by atoms with Crippen LogP contribution in [0.15, 0.2) is 73.3 Å². The van der Waals surface area contributed by atoms with Gasteiger partial charge in [-0.2, -0.15) is 0 Å². The monoisotopic (exact) mass is 472 g/mol. The van der Waals surface area contributed by atoms with Crippen LogP contribution >= 0.6 is 0 Å². The maximum atomic E-state index is 12.8. The number of rotatable bonds is 7. The molecule has 2 N–H and O–H groups in total. The van der Waals surface area contributed by atoms with Crippen molar-refractivity contribution in [3.05, 3.63) is 84.5 Å². The number of allylic oxidation sites excluding steroid dienone is 1. The molecule has 0 saturated carbocycles. The lowest BCUT2D eigenvalue weighted by atomic mass is 9.76. The summed E-state index contributed by atoms with van der Waals surface area (Å²) in [6.07, 6.45) is 5.41. The predicted molar refractivity (Wildman–Crippen MR) is 131 cm³/mol. The SMILES string of the molecule is C=CCC1(C(=O)O)CN(C(=O)C2C=CC(NC(=O)OCC3c4ccccc4-c4ccccc43)C2)C1. The highest BCUT2D eigenvalue weighted by molar-refractivity contribution is 5.86. The minimum atomic E-state index is -0.932. The number of alkyl carbamates (subject to hydrolysis) is 1. The van der Waals surface area contributed by atoms with E-state index < -0.39 is 17.5 Å². The Bertz CT molecular complexity index is 1170. The van der Waals surface area contributed by atoms with Crippen LogP contribution < -0.4 is 5.32 Å². The fourth-order valence-corrected chi connectivity index (χ4v) is 5.48. The molecule has 2 aromatic rings. The average molecular weight is 473 g/mol. The quantitative estimate of drug-likeness (QED) is 0.595. The summed E-state index contributed by atoms with van der Waals surface area (Å²) in [5.74, 6) is -1.42. The van der Waals surface area contributed by atoms with Crippen molar-refractivity contribution >= 4 is 18.0 Å². The van der Waals surface area contributed by atoms with Crippen LogP contribution in [0.25, 0.3) is 11.1 Å². The molecule has 2 unspecified atom stereocenters. The first-order chi connectivity index (χ1) is 16.9. The van der Waals surface area contributed by atoms with Gasteiger partial charge in [-0.15, -0.1) is 6.58 Å². The van der Waals surface area contributed by atoms with E-state index in [2.05, 4.69) is 36.2 Å². The van der Waals surface area contributed by atoms with Gasteiger partial charge in [-0.25, -0.2) is 4.79 Å². The molecular formula is C28H28N2O5. The summed E-state index contributed by atoms with van der Waals surface area (Å²) in [6.45, 7) is 4.22. The number of carboxylic acid groups (broad SMARTS) is 1. The number of benzene rings is 2. The van der Waals surface area contributed by atoms with Gasteiger partial charge in [-0.05, 0) is 35.1 Å². The van der Waals surface area contributed by atoms with Gasteiger partial charge in [0, 0.05) is 19.0 Å². The number of fused-ring (bicyclic) bond motifs is 3. The number of carbonyl (C=O) groups excluding carboxylic acids is 2. The fourth-order valence-electron chi connectivity index (χ4n) is 5.48. The number of nitrogens with zero attached hydrogens (tertiary/aromatic N) is 1. The fraction of sp³-hybridized carbons (Fsp3) is 0.321. The number of hydrogen-bond acceptors (Lipinski definition) is 4. The van der Waals surface area contributed by atoms with Crippen molar-refractivity contribution in [2.75, 3.05) is 19.7 Å². The number of amides is 2. The Kier molecular flexibility index (Phi) is 5.93. The molecule has 1 heterocycles. The lowest BCUT2D eigenvalue weighted by Gasteiger charge is -2.47. The van der Waals surface area contributed by atoms with Crippen LogP contribution in [-0.4, -0.2) is 53.7 Å². The molecule has 7 heteroatoms. The minimum Gasteiger partial charge on any atom is -0.481 e. The molecule has 1 aliphatic heterocycles. The van der Waals surface area contributed by atoms with Gasteiger partial charge in [0.05, 0.1) is 12.0 Å². The van der Waals surface area contributed by atoms with Gasteiger partial charge < -0.3 is 20.1 Å². The summed E-state index contributed by atoms with van der Waals surface area (Å²) in [5, 5.41) is 12.3. The molecular weight excluding hydrogens is 444 g/mol. The summed E-state index contributed by atoms with van der Waals surface area (Å²) in [6, 6.07) is 16.0. The van der Waals surface area contributed by atoms with E-state index in [9.17, 15) is 19.5 Å². The Morgan fingerprint density at radius 3 is 2.29 bits per heavy atom. The normalized spacial score (nSPS) is 21.5. The zero-order valence-corrected chi connectivity index (χ0v) is 19.4. The molecule has 1 saturated heterocycles. The van der Waals surface area contributed by atoms with Crippen LogP contribution in [0.4, 0.5) is 4.79 Å². The van der Waals surface area contributed by atoms with Crippen molar-refractivity contribution in [2.45, 2.75) is 24.8 Å². The van der Waals surface area contributed by atoms with Crippen LogP contribution in [0.5, 0.6) is 0 Å². The Balaban J connectivity index is 1.13. The van der Waals surface area contributed by atoms with E-state index in [0.717, 1.165) is 11.1 Å². The van der Waals surface area contributed by atoms with Crippen LogP contribution in [-0.2, 0) is 14.3 Å². The van der Waals surface area contributed by atoms with Crippen molar-refractivity contribution < 1.29 is 24.2 Å². The lowest BCUT2D eigenvalue weighted by molar-refractivity contribution is -0.166. The number of nitrogens with one attached hydrogen (secondary N) is 1. The molecule has 0 bridgehead atoms. The largest absolute Gasteiger partial charge is 0.481 e. The molecule has 0 spiro atoms.